The van der Waals surface area contributed by atoms with Gasteiger partial charge in [0, 0.05) is 6.42 Å². The van der Waals surface area contributed by atoms with Gasteiger partial charge in [0.05, 0.1) is 6.04 Å². The molecule has 13 heteroatoms. The van der Waals surface area contributed by atoms with Gasteiger partial charge in [-0.2, -0.15) is 0 Å². The number of hydrogen-bond donors (Lipinski definition) is 8. The molecule has 0 radical (unpaired) electrons. The fourth-order valence-corrected chi connectivity index (χ4v) is 3.26. The molecule has 0 fully saturated rings. The first-order chi connectivity index (χ1) is 16.4. The summed E-state index contributed by atoms with van der Waals surface area (Å²) in [7, 11) is 0. The molecule has 202 valence electrons. The second-order valence-corrected chi connectivity index (χ2v) is 8.80. The second-order valence-electron chi connectivity index (χ2n) is 8.80. The van der Waals surface area contributed by atoms with E-state index in [0.717, 1.165) is 0 Å². The Kier molecular flexibility index (Phi) is 16.2. The number of nitrogens with two attached hydrogens (primary N) is 3. The Labute approximate surface area is 205 Å². The van der Waals surface area contributed by atoms with E-state index in [9.17, 15) is 29.1 Å². The van der Waals surface area contributed by atoms with Gasteiger partial charge in [-0.05, 0) is 57.5 Å². The number of unbranched alkanes of at least 4 members (excludes halogenated alkanes) is 2. The van der Waals surface area contributed by atoms with E-state index in [-0.39, 0.29) is 12.8 Å². The van der Waals surface area contributed by atoms with Crippen LogP contribution < -0.4 is 33.2 Å². The van der Waals surface area contributed by atoms with Gasteiger partial charge in [-0.1, -0.05) is 20.3 Å². The SMILES string of the molecule is CC(C)C(NC(=O)C(CCC(=O)O)NC(=O)C(N)CCCCN)C(=O)NC(CCCCN)C(=O)O. The summed E-state index contributed by atoms with van der Waals surface area (Å²) >= 11 is 0. The Bertz CT molecular complexity index is 704. The van der Waals surface area contributed by atoms with Crippen LogP contribution in [0.5, 0.6) is 0 Å². The van der Waals surface area contributed by atoms with Gasteiger partial charge >= 0.3 is 11.9 Å². The van der Waals surface area contributed by atoms with Crippen LogP contribution in [0.4, 0.5) is 0 Å². The summed E-state index contributed by atoms with van der Waals surface area (Å²) in [4.78, 5) is 60.8. The number of amides is 3. The minimum Gasteiger partial charge on any atom is -0.481 e. The van der Waals surface area contributed by atoms with Gasteiger partial charge in [-0.15, -0.1) is 0 Å². The maximum Gasteiger partial charge on any atom is 0.326 e. The molecule has 0 rings (SSSR count). The van der Waals surface area contributed by atoms with E-state index < -0.39 is 66.2 Å². The lowest BCUT2D eigenvalue weighted by Crippen LogP contribution is -2.58. The number of carbonyl (C=O) groups is 5. The molecule has 0 aliphatic heterocycles. The Morgan fingerprint density at radius 3 is 1.74 bits per heavy atom. The quantitative estimate of drug-likeness (QED) is 0.0963. The van der Waals surface area contributed by atoms with E-state index in [2.05, 4.69) is 16.0 Å². The van der Waals surface area contributed by atoms with Crippen LogP contribution in [0, 0.1) is 5.92 Å². The smallest absolute Gasteiger partial charge is 0.326 e. The third-order valence-electron chi connectivity index (χ3n) is 5.39. The van der Waals surface area contributed by atoms with E-state index in [1.807, 2.05) is 0 Å². The van der Waals surface area contributed by atoms with Gasteiger partial charge in [-0.25, -0.2) is 4.79 Å². The normalized spacial score (nSPS) is 14.5. The molecular weight excluding hydrogens is 460 g/mol. The molecule has 0 aromatic heterocycles. The first-order valence-corrected chi connectivity index (χ1v) is 12.0. The van der Waals surface area contributed by atoms with Crippen LogP contribution in [0.25, 0.3) is 0 Å². The van der Waals surface area contributed by atoms with Gasteiger partial charge < -0.3 is 43.4 Å². The lowest BCUT2D eigenvalue weighted by atomic mass is 10.0. The zero-order chi connectivity index (χ0) is 27.0. The lowest BCUT2D eigenvalue weighted by molar-refractivity contribution is -0.142. The second kappa shape index (κ2) is 17.6. The van der Waals surface area contributed by atoms with Crippen LogP contribution in [0.1, 0.15) is 65.2 Å². The summed E-state index contributed by atoms with van der Waals surface area (Å²) in [5.41, 5.74) is 16.7. The molecule has 0 saturated carbocycles. The molecule has 0 aromatic carbocycles. The number of aliphatic carboxylic acids is 2. The monoisotopic (exact) mass is 502 g/mol. The van der Waals surface area contributed by atoms with Crippen LogP contribution in [0.3, 0.4) is 0 Å². The van der Waals surface area contributed by atoms with Gasteiger partial charge in [-0.3, -0.25) is 19.2 Å². The van der Waals surface area contributed by atoms with Crippen LogP contribution in [0.2, 0.25) is 0 Å². The number of carboxylic acids is 2. The Hall–Kier alpha value is -2.77. The molecule has 0 saturated heterocycles. The third-order valence-corrected chi connectivity index (χ3v) is 5.39. The summed E-state index contributed by atoms with van der Waals surface area (Å²) in [6, 6.07) is -4.41. The molecule has 4 atom stereocenters. The number of nitrogens with one attached hydrogen (secondary N) is 3. The van der Waals surface area contributed by atoms with Crippen molar-refractivity contribution in [2.24, 2.45) is 23.1 Å². The van der Waals surface area contributed by atoms with Crippen molar-refractivity contribution in [1.82, 2.24) is 16.0 Å². The van der Waals surface area contributed by atoms with Crippen LogP contribution in [0.15, 0.2) is 0 Å². The average molecular weight is 503 g/mol. The third kappa shape index (κ3) is 13.6. The van der Waals surface area contributed by atoms with E-state index >= 15 is 0 Å². The number of rotatable bonds is 19. The summed E-state index contributed by atoms with van der Waals surface area (Å²) < 4.78 is 0. The standard InChI is InChI=1S/C22H42N6O7/c1-13(2)18(21(33)27-16(22(34)35)8-4-6-12-24)28-20(32)15(9-10-17(29)30)26-19(31)14(25)7-3-5-11-23/h13-16,18H,3-12,23-25H2,1-2H3,(H,26,31)(H,27,33)(H,28,32)(H,29,30)(H,34,35). The first-order valence-electron chi connectivity index (χ1n) is 12.0. The molecule has 0 bridgehead atoms. The zero-order valence-corrected chi connectivity index (χ0v) is 20.6. The van der Waals surface area contributed by atoms with Crippen molar-refractivity contribution in [3.05, 3.63) is 0 Å². The minimum atomic E-state index is -1.24. The van der Waals surface area contributed by atoms with Crippen molar-refractivity contribution < 1.29 is 34.2 Å². The molecule has 0 spiro atoms. The Morgan fingerprint density at radius 1 is 0.714 bits per heavy atom. The van der Waals surface area contributed by atoms with Gasteiger partial charge in [0.15, 0.2) is 0 Å². The van der Waals surface area contributed by atoms with Crippen molar-refractivity contribution in [3.63, 3.8) is 0 Å². The van der Waals surface area contributed by atoms with E-state index in [0.29, 0.717) is 45.2 Å². The van der Waals surface area contributed by atoms with Crippen molar-refractivity contribution in [1.29, 1.82) is 0 Å². The average Bonchev–Trinajstić information content (AvgIpc) is 2.78. The maximum atomic E-state index is 12.9. The van der Waals surface area contributed by atoms with Crippen molar-refractivity contribution in [2.45, 2.75) is 89.4 Å². The van der Waals surface area contributed by atoms with Crippen LogP contribution in [-0.4, -0.2) is 77.1 Å². The summed E-state index contributed by atoms with van der Waals surface area (Å²) in [5.74, 6) is -4.88. The summed E-state index contributed by atoms with van der Waals surface area (Å²) in [6.07, 6.45) is 2.30. The fraction of sp³-hybridized carbons (Fsp3) is 0.773. The molecule has 3 amide bonds. The topological polar surface area (TPSA) is 240 Å². The number of hydrogen-bond acceptors (Lipinski definition) is 8. The summed E-state index contributed by atoms with van der Waals surface area (Å²) in [5, 5.41) is 25.8. The highest BCUT2D eigenvalue weighted by Crippen LogP contribution is 2.08. The van der Waals surface area contributed by atoms with Crippen molar-refractivity contribution in [2.75, 3.05) is 13.1 Å². The molecule has 13 nitrogen and oxygen atoms in total. The fourth-order valence-electron chi connectivity index (χ4n) is 3.26. The molecule has 0 aliphatic carbocycles. The van der Waals surface area contributed by atoms with E-state index in [1.165, 1.54) is 0 Å². The number of carboxylic acid groups (broad SMARTS) is 2. The molecule has 35 heavy (non-hydrogen) atoms. The lowest BCUT2D eigenvalue weighted by Gasteiger charge is -2.27. The molecule has 4 unspecified atom stereocenters. The predicted octanol–water partition coefficient (Wildman–Crippen LogP) is -1.37. The molecule has 0 aromatic rings. The van der Waals surface area contributed by atoms with E-state index in [1.54, 1.807) is 13.8 Å². The highest BCUT2D eigenvalue weighted by Gasteiger charge is 2.32. The summed E-state index contributed by atoms with van der Waals surface area (Å²) in [6.45, 7) is 4.16. The predicted molar refractivity (Wildman–Crippen MR) is 129 cm³/mol. The molecule has 0 heterocycles. The Morgan fingerprint density at radius 2 is 1.26 bits per heavy atom. The first kappa shape index (κ1) is 32.2. The van der Waals surface area contributed by atoms with Crippen molar-refractivity contribution in [3.8, 4) is 0 Å². The Balaban J connectivity index is 5.37. The number of carbonyl (C=O) groups excluding carboxylic acids is 3. The zero-order valence-electron chi connectivity index (χ0n) is 20.6. The van der Waals surface area contributed by atoms with Crippen molar-refractivity contribution >= 4 is 29.7 Å². The maximum absolute atomic E-state index is 12.9. The highest BCUT2D eigenvalue weighted by molar-refractivity contribution is 5.94. The van der Waals surface area contributed by atoms with E-state index in [4.69, 9.17) is 22.3 Å². The highest BCUT2D eigenvalue weighted by atomic mass is 16.4. The molecule has 0 aliphatic rings. The van der Waals surface area contributed by atoms with Gasteiger partial charge in [0.1, 0.15) is 18.1 Å². The molecule has 11 N–H and O–H groups in total. The van der Waals surface area contributed by atoms with Crippen LogP contribution >= 0.6 is 0 Å². The largest absolute Gasteiger partial charge is 0.481 e. The minimum absolute atomic E-state index is 0.177. The van der Waals surface area contributed by atoms with Crippen LogP contribution in [-0.2, 0) is 24.0 Å². The van der Waals surface area contributed by atoms with Gasteiger partial charge in [0.2, 0.25) is 17.7 Å². The molecular formula is C22H42N6O7. The van der Waals surface area contributed by atoms with Gasteiger partial charge in [0.25, 0.3) is 0 Å².